The van der Waals surface area contributed by atoms with Gasteiger partial charge in [0.05, 0.1) is 26.1 Å². The molecular formula is C11H9FIN3O3S. The van der Waals surface area contributed by atoms with Crippen LogP contribution < -0.4 is 4.74 Å². The Balaban J connectivity index is 2.63. The lowest BCUT2D eigenvalue weighted by molar-refractivity contribution is 0.0594. The average molecular weight is 409 g/mol. The number of nitrogens with zero attached hydrogens (tertiary/aromatic N) is 3. The van der Waals surface area contributed by atoms with Gasteiger partial charge in [0.25, 0.3) is 0 Å². The average Bonchev–Trinajstić information content (AvgIpc) is 2.94. The smallest absolute Gasteiger partial charge is 0.343 e. The van der Waals surface area contributed by atoms with Gasteiger partial charge in [0.15, 0.2) is 11.6 Å². The highest BCUT2D eigenvalue weighted by Gasteiger charge is 2.23. The van der Waals surface area contributed by atoms with Gasteiger partial charge in [0.2, 0.25) is 0 Å². The molecule has 0 atom stereocenters. The van der Waals surface area contributed by atoms with Crippen LogP contribution in [-0.2, 0) is 4.74 Å². The van der Waals surface area contributed by atoms with Crippen molar-refractivity contribution >= 4 is 36.1 Å². The fraction of sp³-hybridized carbons (Fsp3) is 0.182. The van der Waals surface area contributed by atoms with Crippen LogP contribution in [0.15, 0.2) is 23.4 Å². The van der Waals surface area contributed by atoms with Gasteiger partial charge in [-0.1, -0.05) is 5.21 Å². The summed E-state index contributed by atoms with van der Waals surface area (Å²) < 4.78 is 25.0. The van der Waals surface area contributed by atoms with Gasteiger partial charge in [-0.15, -0.1) is 5.10 Å². The molecule has 106 valence electrons. The molecule has 0 amide bonds. The van der Waals surface area contributed by atoms with Crippen molar-refractivity contribution in [3.63, 3.8) is 0 Å². The highest BCUT2D eigenvalue weighted by molar-refractivity contribution is 14.2. The van der Waals surface area contributed by atoms with Crippen LogP contribution in [0.2, 0.25) is 0 Å². The minimum Gasteiger partial charge on any atom is -0.494 e. The van der Waals surface area contributed by atoms with Crippen LogP contribution in [-0.4, -0.2) is 35.2 Å². The first-order valence-corrected chi connectivity index (χ1v) is 8.64. The summed E-state index contributed by atoms with van der Waals surface area (Å²) in [5.74, 6) is -1.65. The van der Waals surface area contributed by atoms with E-state index in [1.54, 1.807) is 6.20 Å². The Labute approximate surface area is 130 Å². The number of methoxy groups -OCH3 is 2. The van der Waals surface area contributed by atoms with Gasteiger partial charge in [0, 0.05) is 21.2 Å². The van der Waals surface area contributed by atoms with Crippen molar-refractivity contribution in [1.29, 1.82) is 0 Å². The fourth-order valence-corrected chi connectivity index (χ4v) is 2.41. The Hall–Kier alpha value is -1.36. The number of esters is 1. The lowest BCUT2D eigenvalue weighted by atomic mass is 10.1. The van der Waals surface area contributed by atoms with E-state index >= 15 is 0 Å². The third kappa shape index (κ3) is 2.73. The molecule has 6 nitrogen and oxygen atoms in total. The number of rotatable bonds is 4. The first-order valence-electron chi connectivity index (χ1n) is 5.28. The van der Waals surface area contributed by atoms with Crippen LogP contribution in [0.5, 0.6) is 5.75 Å². The van der Waals surface area contributed by atoms with Gasteiger partial charge < -0.3 is 9.47 Å². The molecule has 20 heavy (non-hydrogen) atoms. The van der Waals surface area contributed by atoms with Crippen molar-refractivity contribution in [2.75, 3.05) is 14.2 Å². The fourth-order valence-electron chi connectivity index (χ4n) is 1.59. The van der Waals surface area contributed by atoms with Crippen molar-refractivity contribution in [3.05, 3.63) is 29.7 Å². The van der Waals surface area contributed by atoms with Crippen LogP contribution in [0.25, 0.3) is 5.69 Å². The van der Waals surface area contributed by atoms with Crippen molar-refractivity contribution in [2.24, 2.45) is 0 Å². The molecule has 0 aliphatic rings. The van der Waals surface area contributed by atoms with Crippen LogP contribution in [0, 0.1) is 5.82 Å². The molecule has 1 aromatic heterocycles. The summed E-state index contributed by atoms with van der Waals surface area (Å²) in [5, 5.41) is 8.37. The van der Waals surface area contributed by atoms with E-state index in [1.165, 1.54) is 40.0 Å². The Kier molecular flexibility index (Phi) is 4.81. The Morgan fingerprint density at radius 2 is 2.20 bits per heavy atom. The second kappa shape index (κ2) is 6.39. The first-order chi connectivity index (χ1) is 9.62. The number of ether oxygens (including phenoxy) is 2. The third-order valence-corrected chi connectivity index (χ3v) is 4.19. The second-order valence-electron chi connectivity index (χ2n) is 3.55. The number of aromatic nitrogens is 3. The molecule has 0 saturated carbocycles. The zero-order valence-electron chi connectivity index (χ0n) is 10.5. The van der Waals surface area contributed by atoms with E-state index in [0.29, 0.717) is 5.03 Å². The largest absolute Gasteiger partial charge is 0.494 e. The summed E-state index contributed by atoms with van der Waals surface area (Å²) in [6, 6.07) is 2.93. The Morgan fingerprint density at radius 1 is 1.45 bits per heavy atom. The molecule has 0 aliphatic carbocycles. The summed E-state index contributed by atoms with van der Waals surface area (Å²) in [4.78, 5) is 11.8. The topological polar surface area (TPSA) is 66.2 Å². The van der Waals surface area contributed by atoms with E-state index in [9.17, 15) is 9.18 Å². The zero-order valence-corrected chi connectivity index (χ0v) is 13.4. The number of halogens is 2. The van der Waals surface area contributed by atoms with Crippen LogP contribution in [0.4, 0.5) is 4.39 Å². The van der Waals surface area contributed by atoms with E-state index < -0.39 is 11.8 Å². The second-order valence-corrected chi connectivity index (χ2v) is 5.44. The van der Waals surface area contributed by atoms with Gasteiger partial charge in [-0.05, 0) is 21.1 Å². The van der Waals surface area contributed by atoms with Crippen LogP contribution in [0.3, 0.4) is 0 Å². The van der Waals surface area contributed by atoms with E-state index in [2.05, 4.69) is 15.0 Å². The molecule has 0 unspecified atom stereocenters. The molecule has 1 heterocycles. The van der Waals surface area contributed by atoms with E-state index in [1.807, 2.05) is 21.2 Å². The molecule has 9 heteroatoms. The predicted octanol–water partition coefficient (Wildman–Crippen LogP) is 2.64. The first kappa shape index (κ1) is 15.0. The number of carbonyl (C=O) groups is 1. The van der Waals surface area contributed by atoms with Gasteiger partial charge >= 0.3 is 5.97 Å². The lowest BCUT2D eigenvalue weighted by Gasteiger charge is -2.11. The third-order valence-electron chi connectivity index (χ3n) is 2.49. The molecule has 0 saturated heterocycles. The van der Waals surface area contributed by atoms with Crippen LogP contribution >= 0.6 is 30.1 Å². The van der Waals surface area contributed by atoms with Crippen molar-refractivity contribution in [2.45, 2.75) is 5.03 Å². The van der Waals surface area contributed by atoms with Crippen molar-refractivity contribution < 1.29 is 18.7 Å². The highest BCUT2D eigenvalue weighted by Crippen LogP contribution is 2.28. The van der Waals surface area contributed by atoms with E-state index in [0.717, 1.165) is 0 Å². The quantitative estimate of drug-likeness (QED) is 0.572. The zero-order chi connectivity index (χ0) is 14.7. The maximum Gasteiger partial charge on any atom is 0.343 e. The van der Waals surface area contributed by atoms with Gasteiger partial charge in [0.1, 0.15) is 10.6 Å². The maximum absolute atomic E-state index is 14.3. The minimum atomic E-state index is -0.810. The number of hydrogen-bond acceptors (Lipinski definition) is 6. The van der Waals surface area contributed by atoms with Crippen LogP contribution in [0.1, 0.15) is 10.4 Å². The molecule has 2 aromatic rings. The Bertz CT molecular complexity index is 650. The van der Waals surface area contributed by atoms with Gasteiger partial charge in [-0.3, -0.25) is 0 Å². The van der Waals surface area contributed by atoms with Gasteiger partial charge in [-0.25, -0.2) is 13.9 Å². The Morgan fingerprint density at radius 3 is 2.75 bits per heavy atom. The highest BCUT2D eigenvalue weighted by atomic mass is 127. The number of benzene rings is 1. The monoisotopic (exact) mass is 409 g/mol. The molecular weight excluding hydrogens is 400 g/mol. The summed E-state index contributed by atoms with van der Waals surface area (Å²) >= 11 is 2.05. The molecule has 0 fully saturated rings. The van der Waals surface area contributed by atoms with Crippen molar-refractivity contribution in [3.8, 4) is 11.4 Å². The van der Waals surface area contributed by atoms with Crippen molar-refractivity contribution in [1.82, 2.24) is 15.0 Å². The predicted molar refractivity (Wildman–Crippen MR) is 79.1 cm³/mol. The lowest BCUT2D eigenvalue weighted by Crippen LogP contribution is -2.12. The SMILES string of the molecule is COC(=O)c1c(-n2cc(SI)nn2)ccc(OC)c1F. The molecule has 2 rings (SSSR count). The molecule has 1 aromatic carbocycles. The summed E-state index contributed by atoms with van der Waals surface area (Å²) in [5.41, 5.74) is -0.0129. The van der Waals surface area contributed by atoms with E-state index in [-0.39, 0.29) is 17.0 Å². The molecule has 0 spiro atoms. The summed E-state index contributed by atoms with van der Waals surface area (Å²) in [6.07, 6.45) is 1.59. The van der Waals surface area contributed by atoms with Gasteiger partial charge in [-0.2, -0.15) is 0 Å². The van der Waals surface area contributed by atoms with E-state index in [4.69, 9.17) is 4.74 Å². The molecule has 0 bridgehead atoms. The number of hydrogen-bond donors (Lipinski definition) is 0. The number of carbonyl (C=O) groups excluding carboxylic acids is 1. The molecule has 0 aliphatic heterocycles. The molecule has 0 N–H and O–H groups in total. The summed E-state index contributed by atoms with van der Waals surface area (Å²) in [6.45, 7) is 0. The maximum atomic E-state index is 14.3. The standard InChI is InChI=1S/C11H9FIN3O3S/c1-18-7-4-3-6(9(10(7)12)11(17)19-2)16-5-8(20-13)14-15-16/h3-5H,1-2H3. The normalized spacial score (nSPS) is 10.4. The molecule has 0 radical (unpaired) electrons. The summed E-state index contributed by atoms with van der Waals surface area (Å²) in [7, 11) is 3.86. The minimum absolute atomic E-state index is 0.0437.